The number of aromatic amines is 1. The van der Waals surface area contributed by atoms with Crippen LogP contribution in [-0.4, -0.2) is 9.97 Å². The molecule has 3 nitrogen and oxygen atoms in total. The summed E-state index contributed by atoms with van der Waals surface area (Å²) in [4.78, 5) is 21.7. The Hall–Kier alpha value is -3.24. The molecule has 0 fully saturated rings. The van der Waals surface area contributed by atoms with Crippen LogP contribution >= 0.6 is 11.3 Å². The lowest BCUT2D eigenvalue weighted by Crippen LogP contribution is -2.12. The molecular formula is C27H24N2OS. The van der Waals surface area contributed by atoms with Crippen LogP contribution in [-0.2, 0) is 11.8 Å². The summed E-state index contributed by atoms with van der Waals surface area (Å²) in [5, 5.41) is 5.11. The Morgan fingerprint density at radius 3 is 2.45 bits per heavy atom. The number of hydrogen-bond acceptors (Lipinski definition) is 3. The lowest BCUT2D eigenvalue weighted by Gasteiger charge is -2.19. The maximum absolute atomic E-state index is 13.0. The number of thiophene rings is 1. The van der Waals surface area contributed by atoms with Gasteiger partial charge in [0.15, 0.2) is 0 Å². The maximum atomic E-state index is 13.0. The fraction of sp³-hybridized carbons (Fsp3) is 0.185. The molecule has 0 atom stereocenters. The van der Waals surface area contributed by atoms with Crippen LogP contribution in [0.2, 0.25) is 0 Å². The third-order valence-corrected chi connectivity index (χ3v) is 6.66. The second kappa shape index (κ2) is 7.47. The van der Waals surface area contributed by atoms with Gasteiger partial charge in [0.2, 0.25) is 0 Å². The number of fused-ring (bicyclic) bond motifs is 2. The van der Waals surface area contributed by atoms with Gasteiger partial charge in [0.05, 0.1) is 5.39 Å². The van der Waals surface area contributed by atoms with Gasteiger partial charge in [-0.15, -0.1) is 11.3 Å². The van der Waals surface area contributed by atoms with Crippen molar-refractivity contribution in [2.75, 3.05) is 0 Å². The smallest absolute Gasteiger partial charge is 0.260 e. The van der Waals surface area contributed by atoms with Gasteiger partial charge in [-0.1, -0.05) is 87.5 Å². The van der Waals surface area contributed by atoms with E-state index >= 15 is 0 Å². The maximum Gasteiger partial charge on any atom is 0.260 e. The van der Waals surface area contributed by atoms with Crippen molar-refractivity contribution in [3.05, 3.63) is 99.4 Å². The van der Waals surface area contributed by atoms with E-state index in [4.69, 9.17) is 4.98 Å². The van der Waals surface area contributed by atoms with Gasteiger partial charge in [-0.05, 0) is 32.9 Å². The SMILES string of the molecule is CC(C)(C)c1ccc(-c2csc3nc(Cc4cccc5ccccc45)[nH]c(=O)c23)cc1. The van der Waals surface area contributed by atoms with Gasteiger partial charge in [-0.2, -0.15) is 0 Å². The van der Waals surface area contributed by atoms with E-state index in [2.05, 4.69) is 80.4 Å². The molecule has 5 aromatic rings. The minimum absolute atomic E-state index is 0.0728. The Bertz CT molecular complexity index is 1450. The predicted molar refractivity (Wildman–Crippen MR) is 131 cm³/mol. The van der Waals surface area contributed by atoms with E-state index in [0.717, 1.165) is 21.5 Å². The first-order valence-electron chi connectivity index (χ1n) is 10.5. The van der Waals surface area contributed by atoms with Gasteiger partial charge >= 0.3 is 0 Å². The van der Waals surface area contributed by atoms with E-state index in [1.165, 1.54) is 27.7 Å². The molecule has 5 rings (SSSR count). The molecule has 0 unspecified atom stereocenters. The molecule has 154 valence electrons. The van der Waals surface area contributed by atoms with Gasteiger partial charge < -0.3 is 4.98 Å². The van der Waals surface area contributed by atoms with E-state index in [1.54, 1.807) is 0 Å². The summed E-state index contributed by atoms with van der Waals surface area (Å²) in [6.45, 7) is 6.61. The molecule has 0 amide bonds. The molecule has 0 aliphatic carbocycles. The number of rotatable bonds is 3. The first kappa shape index (κ1) is 19.7. The molecule has 31 heavy (non-hydrogen) atoms. The molecule has 0 aliphatic heterocycles. The van der Waals surface area contributed by atoms with Crippen LogP contribution in [0, 0.1) is 0 Å². The zero-order chi connectivity index (χ0) is 21.6. The third-order valence-electron chi connectivity index (χ3n) is 5.79. The highest BCUT2D eigenvalue weighted by Gasteiger charge is 2.16. The van der Waals surface area contributed by atoms with Crippen LogP contribution in [0.3, 0.4) is 0 Å². The van der Waals surface area contributed by atoms with Gasteiger partial charge in [0.25, 0.3) is 5.56 Å². The highest BCUT2D eigenvalue weighted by atomic mass is 32.1. The van der Waals surface area contributed by atoms with E-state index in [-0.39, 0.29) is 11.0 Å². The molecule has 0 spiro atoms. The van der Waals surface area contributed by atoms with Crippen molar-refractivity contribution in [1.29, 1.82) is 0 Å². The lowest BCUT2D eigenvalue weighted by molar-refractivity contribution is 0.590. The molecule has 0 saturated heterocycles. The van der Waals surface area contributed by atoms with Crippen LogP contribution in [0.4, 0.5) is 0 Å². The molecule has 1 N–H and O–H groups in total. The molecule has 2 aromatic heterocycles. The Balaban J connectivity index is 1.54. The normalized spacial score (nSPS) is 12.0. The number of H-pyrrole nitrogens is 1. The largest absolute Gasteiger partial charge is 0.310 e. The molecule has 0 bridgehead atoms. The van der Waals surface area contributed by atoms with Crippen LogP contribution in [0.1, 0.15) is 37.7 Å². The zero-order valence-corrected chi connectivity index (χ0v) is 18.7. The van der Waals surface area contributed by atoms with Gasteiger partial charge in [-0.3, -0.25) is 4.79 Å². The first-order valence-corrected chi connectivity index (χ1v) is 11.4. The summed E-state index contributed by atoms with van der Waals surface area (Å²) in [6.07, 6.45) is 0.597. The molecular weight excluding hydrogens is 400 g/mol. The predicted octanol–water partition coefficient (Wildman–Crippen LogP) is 6.69. The second-order valence-electron chi connectivity index (χ2n) is 8.98. The number of nitrogens with zero attached hydrogens (tertiary/aromatic N) is 1. The fourth-order valence-electron chi connectivity index (χ4n) is 4.07. The number of benzene rings is 3. The van der Waals surface area contributed by atoms with Gasteiger partial charge in [0, 0.05) is 17.4 Å². The summed E-state index contributed by atoms with van der Waals surface area (Å²) in [7, 11) is 0. The van der Waals surface area contributed by atoms with Crippen LogP contribution in [0.15, 0.2) is 76.9 Å². The fourth-order valence-corrected chi connectivity index (χ4v) is 5.03. The van der Waals surface area contributed by atoms with Crippen molar-refractivity contribution in [2.45, 2.75) is 32.6 Å². The Kier molecular flexibility index (Phi) is 4.75. The van der Waals surface area contributed by atoms with E-state index < -0.39 is 0 Å². The Morgan fingerprint density at radius 2 is 1.68 bits per heavy atom. The molecule has 0 saturated carbocycles. The number of aromatic nitrogens is 2. The number of hydrogen-bond donors (Lipinski definition) is 1. The summed E-state index contributed by atoms with van der Waals surface area (Å²) in [5.41, 5.74) is 4.47. The van der Waals surface area contributed by atoms with Crippen LogP contribution in [0.25, 0.3) is 32.1 Å². The summed E-state index contributed by atoms with van der Waals surface area (Å²) in [5.74, 6) is 0.699. The minimum atomic E-state index is -0.0728. The summed E-state index contributed by atoms with van der Waals surface area (Å²) in [6, 6.07) is 23.1. The molecule has 2 heterocycles. The van der Waals surface area contributed by atoms with Crippen molar-refractivity contribution in [3.63, 3.8) is 0 Å². The first-order chi connectivity index (χ1) is 14.9. The standard InChI is InChI=1S/C27H24N2OS/c1-27(2,3)20-13-11-18(12-14-20)22-16-31-26-24(22)25(30)28-23(29-26)15-19-9-6-8-17-7-4-5-10-21(17)19/h4-14,16H,15H2,1-3H3,(H,28,29,30). The van der Waals surface area contributed by atoms with Crippen molar-refractivity contribution in [2.24, 2.45) is 0 Å². The minimum Gasteiger partial charge on any atom is -0.310 e. The Morgan fingerprint density at radius 1 is 0.935 bits per heavy atom. The van der Waals surface area contributed by atoms with E-state index in [1.807, 2.05) is 17.5 Å². The topological polar surface area (TPSA) is 45.8 Å². The van der Waals surface area contributed by atoms with Crippen LogP contribution in [0.5, 0.6) is 0 Å². The van der Waals surface area contributed by atoms with Crippen molar-refractivity contribution >= 4 is 32.3 Å². The van der Waals surface area contributed by atoms with Crippen molar-refractivity contribution < 1.29 is 0 Å². The highest BCUT2D eigenvalue weighted by molar-refractivity contribution is 7.17. The van der Waals surface area contributed by atoms with E-state index in [9.17, 15) is 4.79 Å². The lowest BCUT2D eigenvalue weighted by atomic mass is 9.86. The van der Waals surface area contributed by atoms with Gasteiger partial charge in [0.1, 0.15) is 10.7 Å². The highest BCUT2D eigenvalue weighted by Crippen LogP contribution is 2.32. The average molecular weight is 425 g/mol. The third kappa shape index (κ3) is 3.68. The molecule has 0 radical (unpaired) electrons. The quantitative estimate of drug-likeness (QED) is 0.350. The van der Waals surface area contributed by atoms with Crippen molar-refractivity contribution in [3.8, 4) is 11.1 Å². The number of nitrogens with one attached hydrogen (secondary N) is 1. The monoisotopic (exact) mass is 424 g/mol. The van der Waals surface area contributed by atoms with Crippen molar-refractivity contribution in [1.82, 2.24) is 9.97 Å². The second-order valence-corrected chi connectivity index (χ2v) is 9.84. The molecule has 3 aromatic carbocycles. The summed E-state index contributed by atoms with van der Waals surface area (Å²) >= 11 is 1.53. The Labute approximate surface area is 185 Å². The van der Waals surface area contributed by atoms with Crippen LogP contribution < -0.4 is 5.56 Å². The van der Waals surface area contributed by atoms with Gasteiger partial charge in [-0.25, -0.2) is 4.98 Å². The molecule has 0 aliphatic rings. The summed E-state index contributed by atoms with van der Waals surface area (Å²) < 4.78 is 0. The van der Waals surface area contributed by atoms with E-state index in [0.29, 0.717) is 17.6 Å². The zero-order valence-electron chi connectivity index (χ0n) is 17.9. The molecule has 4 heteroatoms. The average Bonchev–Trinajstić information content (AvgIpc) is 3.18.